The maximum absolute atomic E-state index is 4.30. The highest BCUT2D eigenvalue weighted by molar-refractivity contribution is 5.41. The number of pyridine rings is 1. The fourth-order valence-electron chi connectivity index (χ4n) is 2.35. The van der Waals surface area contributed by atoms with Gasteiger partial charge >= 0.3 is 0 Å². The van der Waals surface area contributed by atoms with Crippen LogP contribution in [-0.2, 0) is 0 Å². The van der Waals surface area contributed by atoms with Gasteiger partial charge in [-0.25, -0.2) is 0 Å². The summed E-state index contributed by atoms with van der Waals surface area (Å²) in [4.78, 5) is 4.30. The molecule has 0 amide bonds. The molecule has 0 spiro atoms. The summed E-state index contributed by atoms with van der Waals surface area (Å²) in [6.07, 6.45) is 7.29. The van der Waals surface area contributed by atoms with Crippen LogP contribution in [0.2, 0.25) is 0 Å². The minimum atomic E-state index is 0.651. The number of hydrogen-bond acceptors (Lipinski definition) is 2. The third-order valence-corrected chi connectivity index (χ3v) is 3.22. The molecule has 0 aliphatic heterocycles. The van der Waals surface area contributed by atoms with Gasteiger partial charge in [-0.05, 0) is 37.8 Å². The Labute approximate surface area is 92.1 Å². The van der Waals surface area contributed by atoms with Crippen molar-refractivity contribution in [3.8, 4) is 0 Å². The molecule has 1 fully saturated rings. The first-order chi connectivity index (χ1) is 7.24. The summed E-state index contributed by atoms with van der Waals surface area (Å²) in [5, 5.41) is 3.58. The van der Waals surface area contributed by atoms with Crippen LogP contribution in [0.25, 0.3) is 0 Å². The summed E-state index contributed by atoms with van der Waals surface area (Å²) in [6, 6.07) is 4.84. The highest BCUT2D eigenvalue weighted by Crippen LogP contribution is 2.25. The van der Waals surface area contributed by atoms with Crippen molar-refractivity contribution in [3.05, 3.63) is 24.0 Å². The molecule has 2 atom stereocenters. The second-order valence-electron chi connectivity index (χ2n) is 4.80. The van der Waals surface area contributed by atoms with E-state index in [2.05, 4.69) is 29.4 Å². The summed E-state index contributed by atoms with van der Waals surface area (Å²) in [5.74, 6) is 0.870. The molecule has 1 aliphatic carbocycles. The van der Waals surface area contributed by atoms with Gasteiger partial charge in [0, 0.05) is 11.7 Å². The lowest BCUT2D eigenvalue weighted by Crippen LogP contribution is -2.26. The van der Waals surface area contributed by atoms with Gasteiger partial charge in [-0.3, -0.25) is 4.98 Å². The highest BCUT2D eigenvalue weighted by atomic mass is 14.9. The average Bonchev–Trinajstić information content (AvgIpc) is 2.22. The molecular formula is C13H20N2. The molecule has 1 saturated carbocycles. The molecule has 2 nitrogen and oxygen atoms in total. The van der Waals surface area contributed by atoms with E-state index in [0.717, 1.165) is 11.6 Å². The van der Waals surface area contributed by atoms with Crippen molar-refractivity contribution >= 4 is 5.69 Å². The van der Waals surface area contributed by atoms with Crippen LogP contribution in [0.5, 0.6) is 0 Å². The minimum absolute atomic E-state index is 0.651. The predicted molar refractivity (Wildman–Crippen MR) is 64.0 cm³/mol. The second kappa shape index (κ2) is 4.65. The van der Waals surface area contributed by atoms with E-state index < -0.39 is 0 Å². The molecule has 1 heterocycles. The topological polar surface area (TPSA) is 24.9 Å². The van der Waals surface area contributed by atoms with Crippen LogP contribution < -0.4 is 5.32 Å². The van der Waals surface area contributed by atoms with Gasteiger partial charge in [0.15, 0.2) is 0 Å². The third kappa shape index (κ3) is 2.95. The average molecular weight is 204 g/mol. The van der Waals surface area contributed by atoms with E-state index in [9.17, 15) is 0 Å². The number of hydrogen-bond donors (Lipinski definition) is 1. The SMILES string of the molecule is Cc1ccc(N[C@@H]2CCC[C@H](C)C2)cn1. The van der Waals surface area contributed by atoms with E-state index in [1.807, 2.05) is 13.1 Å². The normalized spacial score (nSPS) is 26.3. The van der Waals surface area contributed by atoms with Crippen molar-refractivity contribution in [1.29, 1.82) is 0 Å². The molecule has 0 saturated heterocycles. The molecule has 0 bridgehead atoms. The molecule has 2 rings (SSSR count). The molecule has 1 aromatic rings. The molecule has 0 unspecified atom stereocenters. The Morgan fingerprint density at radius 1 is 1.33 bits per heavy atom. The Hall–Kier alpha value is -1.05. The summed E-state index contributed by atoms with van der Waals surface area (Å²) >= 11 is 0. The van der Waals surface area contributed by atoms with Crippen molar-refractivity contribution in [3.63, 3.8) is 0 Å². The number of nitrogens with one attached hydrogen (secondary N) is 1. The Morgan fingerprint density at radius 3 is 2.87 bits per heavy atom. The molecule has 1 N–H and O–H groups in total. The lowest BCUT2D eigenvalue weighted by Gasteiger charge is -2.28. The van der Waals surface area contributed by atoms with E-state index >= 15 is 0 Å². The molecule has 2 heteroatoms. The fraction of sp³-hybridized carbons (Fsp3) is 0.615. The van der Waals surface area contributed by atoms with Crippen molar-refractivity contribution in [1.82, 2.24) is 4.98 Å². The monoisotopic (exact) mass is 204 g/mol. The molecule has 1 aromatic heterocycles. The quantitative estimate of drug-likeness (QED) is 0.798. The van der Waals surface area contributed by atoms with Gasteiger partial charge in [0.1, 0.15) is 0 Å². The Kier molecular flexibility index (Phi) is 3.24. The molecule has 0 radical (unpaired) electrons. The third-order valence-electron chi connectivity index (χ3n) is 3.22. The van der Waals surface area contributed by atoms with E-state index in [-0.39, 0.29) is 0 Å². The van der Waals surface area contributed by atoms with Gasteiger partial charge in [0.2, 0.25) is 0 Å². The van der Waals surface area contributed by atoms with E-state index in [1.165, 1.54) is 31.4 Å². The second-order valence-corrected chi connectivity index (χ2v) is 4.80. The van der Waals surface area contributed by atoms with Crippen molar-refractivity contribution < 1.29 is 0 Å². The Morgan fingerprint density at radius 2 is 2.20 bits per heavy atom. The van der Waals surface area contributed by atoms with E-state index in [4.69, 9.17) is 0 Å². The zero-order valence-electron chi connectivity index (χ0n) is 9.66. The van der Waals surface area contributed by atoms with Gasteiger partial charge < -0.3 is 5.32 Å². The maximum atomic E-state index is 4.30. The smallest absolute Gasteiger partial charge is 0.0529 e. The van der Waals surface area contributed by atoms with Crippen LogP contribution in [0.3, 0.4) is 0 Å². The molecular weight excluding hydrogens is 184 g/mol. The maximum Gasteiger partial charge on any atom is 0.0529 e. The Balaban J connectivity index is 1.93. The largest absolute Gasteiger partial charge is 0.381 e. The first-order valence-corrected chi connectivity index (χ1v) is 5.93. The first kappa shape index (κ1) is 10.5. The number of aryl methyl sites for hydroxylation is 1. The highest BCUT2D eigenvalue weighted by Gasteiger charge is 2.18. The zero-order chi connectivity index (χ0) is 10.7. The van der Waals surface area contributed by atoms with Crippen molar-refractivity contribution in [2.75, 3.05) is 5.32 Å². The van der Waals surface area contributed by atoms with Crippen LogP contribution in [0.15, 0.2) is 18.3 Å². The number of aromatic nitrogens is 1. The van der Waals surface area contributed by atoms with Crippen molar-refractivity contribution in [2.45, 2.75) is 45.6 Å². The summed E-state index contributed by atoms with van der Waals surface area (Å²) in [7, 11) is 0. The fourth-order valence-corrected chi connectivity index (χ4v) is 2.35. The van der Waals surface area contributed by atoms with Crippen molar-refractivity contribution in [2.24, 2.45) is 5.92 Å². The van der Waals surface area contributed by atoms with Crippen LogP contribution in [0.1, 0.15) is 38.3 Å². The summed E-state index contributed by atoms with van der Waals surface area (Å²) in [5.41, 5.74) is 2.25. The summed E-state index contributed by atoms with van der Waals surface area (Å²) < 4.78 is 0. The number of nitrogens with zero attached hydrogens (tertiary/aromatic N) is 1. The summed E-state index contributed by atoms with van der Waals surface area (Å²) in [6.45, 7) is 4.37. The molecule has 0 aromatic carbocycles. The lowest BCUT2D eigenvalue weighted by atomic mass is 9.87. The van der Waals surface area contributed by atoms with Crippen LogP contribution in [-0.4, -0.2) is 11.0 Å². The van der Waals surface area contributed by atoms with Gasteiger partial charge in [-0.2, -0.15) is 0 Å². The molecule has 1 aliphatic rings. The van der Waals surface area contributed by atoms with Gasteiger partial charge in [0.25, 0.3) is 0 Å². The van der Waals surface area contributed by atoms with Gasteiger partial charge in [-0.1, -0.05) is 19.8 Å². The lowest BCUT2D eigenvalue weighted by molar-refractivity contribution is 0.358. The van der Waals surface area contributed by atoms with Crippen LogP contribution in [0, 0.1) is 12.8 Å². The molecule has 82 valence electrons. The predicted octanol–water partition coefficient (Wildman–Crippen LogP) is 3.38. The zero-order valence-corrected chi connectivity index (χ0v) is 9.66. The van der Waals surface area contributed by atoms with E-state index in [1.54, 1.807) is 0 Å². The van der Waals surface area contributed by atoms with Gasteiger partial charge in [-0.15, -0.1) is 0 Å². The number of rotatable bonds is 2. The van der Waals surface area contributed by atoms with Crippen LogP contribution in [0.4, 0.5) is 5.69 Å². The minimum Gasteiger partial charge on any atom is -0.381 e. The standard InChI is InChI=1S/C13H20N2/c1-10-4-3-5-12(8-10)15-13-7-6-11(2)14-9-13/h6-7,9-10,12,15H,3-5,8H2,1-2H3/t10-,12+/m0/s1. The Bertz CT molecular complexity index is 305. The molecule has 15 heavy (non-hydrogen) atoms. The number of anilines is 1. The van der Waals surface area contributed by atoms with Crippen LogP contribution >= 0.6 is 0 Å². The van der Waals surface area contributed by atoms with Gasteiger partial charge in [0.05, 0.1) is 11.9 Å². The first-order valence-electron chi connectivity index (χ1n) is 5.93. The van der Waals surface area contributed by atoms with E-state index in [0.29, 0.717) is 6.04 Å².